The SMILES string of the molecule is CC(C)C[C@H](NC(=O)[C@H](CCc1ccccc1)NC(=O)CCNC(=O)O)C(=O)N[C@@H](Cc1ccccc1)C(=O)N[C@@H](CC(C)C)C(=O)[C@@]1(C)CO1. The van der Waals surface area contributed by atoms with E-state index in [4.69, 9.17) is 9.84 Å². The highest BCUT2D eigenvalue weighted by molar-refractivity contribution is 5.98. The number of hydrogen-bond acceptors (Lipinski definition) is 7. The average Bonchev–Trinajstić information content (AvgIpc) is 3.83. The molecule has 6 N–H and O–H groups in total. The van der Waals surface area contributed by atoms with Crippen molar-refractivity contribution in [2.24, 2.45) is 11.8 Å². The van der Waals surface area contributed by atoms with Gasteiger partial charge in [-0.2, -0.15) is 0 Å². The first-order chi connectivity index (χ1) is 24.2. The highest BCUT2D eigenvalue weighted by atomic mass is 16.6. The van der Waals surface area contributed by atoms with Gasteiger partial charge in [-0.25, -0.2) is 4.79 Å². The molecule has 2 aromatic carbocycles. The fourth-order valence-corrected chi connectivity index (χ4v) is 5.67. The number of ketones is 1. The molecule has 0 spiro atoms. The summed E-state index contributed by atoms with van der Waals surface area (Å²) < 4.78 is 5.38. The van der Waals surface area contributed by atoms with Crippen LogP contribution in [0.25, 0.3) is 0 Å². The predicted octanol–water partition coefficient (Wildman–Crippen LogP) is 2.91. The van der Waals surface area contributed by atoms with E-state index in [1.54, 1.807) is 6.92 Å². The van der Waals surface area contributed by atoms with E-state index < -0.39 is 59.5 Å². The van der Waals surface area contributed by atoms with E-state index in [1.165, 1.54) is 0 Å². The zero-order valence-corrected chi connectivity index (χ0v) is 30.2. The maximum Gasteiger partial charge on any atom is 0.404 e. The van der Waals surface area contributed by atoms with E-state index >= 15 is 0 Å². The van der Waals surface area contributed by atoms with Crippen molar-refractivity contribution < 1.29 is 38.6 Å². The average molecular weight is 708 g/mol. The molecule has 5 atom stereocenters. The summed E-state index contributed by atoms with van der Waals surface area (Å²) in [5, 5.41) is 22.2. The molecule has 3 rings (SSSR count). The fourth-order valence-electron chi connectivity index (χ4n) is 5.67. The number of nitrogens with one attached hydrogen (secondary N) is 5. The second kappa shape index (κ2) is 19.6. The summed E-state index contributed by atoms with van der Waals surface area (Å²) in [5.41, 5.74) is 0.782. The Morgan fingerprint density at radius 1 is 0.706 bits per heavy atom. The van der Waals surface area contributed by atoms with Crippen molar-refractivity contribution in [1.29, 1.82) is 0 Å². The van der Waals surface area contributed by atoms with Crippen LogP contribution in [0.4, 0.5) is 4.79 Å². The topological polar surface area (TPSA) is 195 Å². The van der Waals surface area contributed by atoms with E-state index in [2.05, 4.69) is 26.6 Å². The van der Waals surface area contributed by atoms with Crippen LogP contribution < -0.4 is 26.6 Å². The number of rotatable bonds is 21. The van der Waals surface area contributed by atoms with Crippen molar-refractivity contribution in [2.75, 3.05) is 13.2 Å². The molecule has 51 heavy (non-hydrogen) atoms. The molecule has 0 saturated carbocycles. The molecule has 1 heterocycles. The number of carbonyl (C=O) groups excluding carboxylic acids is 5. The second-order valence-electron chi connectivity index (χ2n) is 14.1. The molecule has 1 aliphatic rings. The second-order valence-corrected chi connectivity index (χ2v) is 14.1. The van der Waals surface area contributed by atoms with Crippen molar-refractivity contribution in [3.63, 3.8) is 0 Å². The standard InChI is InChI=1S/C38H53N5O8/c1-24(2)20-29(33(45)38(5)23-51-38)41-36(48)31(22-27-14-10-7-11-15-27)43-35(47)30(21-25(3)4)42-34(46)28(17-16-26-12-8-6-9-13-26)40-32(44)18-19-39-37(49)50/h6-15,24-25,28-31,39H,16-23H2,1-5H3,(H,40,44)(H,41,48)(H,42,46)(H,43,47)(H,49,50)/t28-,29-,30-,31-,38+/m0/s1. The number of benzene rings is 2. The number of amides is 5. The molecule has 0 radical (unpaired) electrons. The number of aryl methyl sites for hydroxylation is 1. The zero-order chi connectivity index (χ0) is 37.6. The summed E-state index contributed by atoms with van der Waals surface area (Å²) in [6.45, 7) is 9.54. The van der Waals surface area contributed by atoms with Gasteiger partial charge in [-0.3, -0.25) is 24.0 Å². The van der Waals surface area contributed by atoms with Crippen LogP contribution in [0.3, 0.4) is 0 Å². The number of carboxylic acid groups (broad SMARTS) is 1. The molecule has 1 fully saturated rings. The van der Waals surface area contributed by atoms with E-state index in [9.17, 15) is 28.8 Å². The number of Topliss-reactive ketones (excluding diaryl/α,β-unsaturated/α-hetero) is 1. The number of ether oxygens (including phenoxy) is 1. The Morgan fingerprint density at radius 3 is 1.75 bits per heavy atom. The van der Waals surface area contributed by atoms with Gasteiger partial charge in [0.25, 0.3) is 0 Å². The van der Waals surface area contributed by atoms with Gasteiger partial charge >= 0.3 is 6.09 Å². The Bertz CT molecular complexity index is 1480. The molecule has 13 heteroatoms. The Hall–Kier alpha value is -4.78. The van der Waals surface area contributed by atoms with Crippen LogP contribution in [0.1, 0.15) is 71.4 Å². The minimum Gasteiger partial charge on any atom is -0.465 e. The fraction of sp³-hybridized carbons (Fsp3) is 0.526. The van der Waals surface area contributed by atoms with Gasteiger partial charge in [-0.15, -0.1) is 0 Å². The van der Waals surface area contributed by atoms with E-state index in [0.29, 0.717) is 12.8 Å². The van der Waals surface area contributed by atoms with Crippen molar-refractivity contribution in [3.8, 4) is 0 Å². The number of epoxide rings is 1. The maximum absolute atomic E-state index is 14.0. The lowest BCUT2D eigenvalue weighted by Crippen LogP contribution is -2.59. The molecule has 13 nitrogen and oxygen atoms in total. The molecule has 1 saturated heterocycles. The first kappa shape index (κ1) is 40.6. The van der Waals surface area contributed by atoms with Crippen LogP contribution >= 0.6 is 0 Å². The molecule has 0 unspecified atom stereocenters. The summed E-state index contributed by atoms with van der Waals surface area (Å²) in [7, 11) is 0. The van der Waals surface area contributed by atoms with Crippen molar-refractivity contribution in [2.45, 2.75) is 103 Å². The van der Waals surface area contributed by atoms with Gasteiger partial charge in [0.15, 0.2) is 5.78 Å². The first-order valence-corrected chi connectivity index (χ1v) is 17.6. The first-order valence-electron chi connectivity index (χ1n) is 17.6. The molecule has 2 aromatic rings. The third kappa shape index (κ3) is 14.2. The smallest absolute Gasteiger partial charge is 0.404 e. The van der Waals surface area contributed by atoms with Crippen LogP contribution in [-0.2, 0) is 41.6 Å². The Kier molecular flexibility index (Phi) is 15.6. The van der Waals surface area contributed by atoms with Crippen LogP contribution in [0, 0.1) is 11.8 Å². The van der Waals surface area contributed by atoms with Crippen LogP contribution in [-0.4, -0.2) is 83.5 Å². The van der Waals surface area contributed by atoms with Gasteiger partial charge in [0.2, 0.25) is 23.6 Å². The van der Waals surface area contributed by atoms with Crippen LogP contribution in [0.5, 0.6) is 0 Å². The van der Waals surface area contributed by atoms with E-state index in [0.717, 1.165) is 11.1 Å². The largest absolute Gasteiger partial charge is 0.465 e. The molecule has 5 amide bonds. The summed E-state index contributed by atoms with van der Waals surface area (Å²) in [4.78, 5) is 78.5. The lowest BCUT2D eigenvalue weighted by atomic mass is 9.93. The molecule has 1 aliphatic heterocycles. The summed E-state index contributed by atoms with van der Waals surface area (Å²) in [5.74, 6) is -2.40. The Morgan fingerprint density at radius 2 is 1.20 bits per heavy atom. The molecule has 0 aliphatic carbocycles. The Labute approximate surface area is 300 Å². The molecule has 0 aromatic heterocycles. The van der Waals surface area contributed by atoms with Crippen molar-refractivity contribution >= 4 is 35.5 Å². The summed E-state index contributed by atoms with van der Waals surface area (Å²) >= 11 is 0. The zero-order valence-electron chi connectivity index (χ0n) is 30.2. The summed E-state index contributed by atoms with van der Waals surface area (Å²) in [6, 6.07) is 14.6. The van der Waals surface area contributed by atoms with Crippen LogP contribution in [0.2, 0.25) is 0 Å². The number of carbonyl (C=O) groups is 6. The maximum atomic E-state index is 14.0. The van der Waals surface area contributed by atoms with E-state index in [-0.39, 0.29) is 56.5 Å². The minimum absolute atomic E-state index is 0.0331. The van der Waals surface area contributed by atoms with Crippen LogP contribution in [0.15, 0.2) is 60.7 Å². The highest BCUT2D eigenvalue weighted by Crippen LogP contribution is 2.29. The lowest BCUT2D eigenvalue weighted by Gasteiger charge is -2.28. The lowest BCUT2D eigenvalue weighted by molar-refractivity contribution is -0.135. The highest BCUT2D eigenvalue weighted by Gasteiger charge is 2.50. The van der Waals surface area contributed by atoms with Gasteiger partial charge < -0.3 is 36.4 Å². The Balaban J connectivity index is 1.81. The predicted molar refractivity (Wildman–Crippen MR) is 192 cm³/mol. The van der Waals surface area contributed by atoms with Gasteiger partial charge in [-0.05, 0) is 55.6 Å². The van der Waals surface area contributed by atoms with Gasteiger partial charge in [0, 0.05) is 19.4 Å². The molecule has 0 bridgehead atoms. The quantitative estimate of drug-likeness (QED) is 0.107. The van der Waals surface area contributed by atoms with Gasteiger partial charge in [-0.1, -0.05) is 88.4 Å². The minimum atomic E-state index is -1.27. The van der Waals surface area contributed by atoms with Crippen molar-refractivity contribution in [1.82, 2.24) is 26.6 Å². The third-order valence-corrected chi connectivity index (χ3v) is 8.54. The normalized spacial score (nSPS) is 17.4. The molecular weight excluding hydrogens is 654 g/mol. The molecular formula is C38H53N5O8. The third-order valence-electron chi connectivity index (χ3n) is 8.54. The van der Waals surface area contributed by atoms with Gasteiger partial charge in [0.05, 0.1) is 12.6 Å². The summed E-state index contributed by atoms with van der Waals surface area (Å²) in [6.07, 6.45) is -0.00952. The molecule has 278 valence electrons. The number of hydrogen-bond donors (Lipinski definition) is 6. The van der Waals surface area contributed by atoms with Gasteiger partial charge in [0.1, 0.15) is 23.7 Å². The van der Waals surface area contributed by atoms with Crippen molar-refractivity contribution in [3.05, 3.63) is 71.8 Å². The monoisotopic (exact) mass is 707 g/mol. The van der Waals surface area contributed by atoms with E-state index in [1.807, 2.05) is 88.4 Å².